The van der Waals surface area contributed by atoms with E-state index in [-0.39, 0.29) is 31.1 Å². The molecule has 76 heavy (non-hydrogen) atoms. The van der Waals surface area contributed by atoms with Crippen molar-refractivity contribution in [3.63, 3.8) is 0 Å². The molecule has 0 saturated carbocycles. The maximum atomic E-state index is 12.9. The number of carbonyl (C=O) groups excluding carboxylic acids is 3. The fraction of sp³-hybridized carbons (Fsp3) is 0.957. The first-order valence-electron chi connectivity index (χ1n) is 35.0. The van der Waals surface area contributed by atoms with E-state index in [1.165, 1.54) is 315 Å². The van der Waals surface area contributed by atoms with Gasteiger partial charge in [0, 0.05) is 19.3 Å². The standard InChI is InChI=1S/C70H136O6/c1-4-7-10-13-16-19-22-25-28-30-31-32-33-34-35-36-37-38-39-40-43-45-48-51-54-57-60-63-69(72)75-66-67(65-74-68(71)62-59-56-53-50-47-44-41-27-24-21-18-15-12-9-6-3)76-70(73)64-61-58-55-52-49-46-42-29-26-23-20-17-14-11-8-5-2/h67H,4-66H2,1-3H3. The zero-order chi connectivity index (χ0) is 55.0. The zero-order valence-electron chi connectivity index (χ0n) is 52.1. The van der Waals surface area contributed by atoms with Gasteiger partial charge in [-0.05, 0) is 19.3 Å². The summed E-state index contributed by atoms with van der Waals surface area (Å²) in [5.41, 5.74) is 0. The van der Waals surface area contributed by atoms with Crippen LogP contribution < -0.4 is 0 Å². The second-order valence-electron chi connectivity index (χ2n) is 24.2. The number of rotatable bonds is 66. The Morgan fingerprint density at radius 3 is 0.526 bits per heavy atom. The number of esters is 3. The van der Waals surface area contributed by atoms with Gasteiger partial charge in [0.25, 0.3) is 0 Å². The molecule has 1 atom stereocenters. The zero-order valence-corrected chi connectivity index (χ0v) is 52.1. The molecule has 1 unspecified atom stereocenters. The molecular weight excluding hydrogens is 937 g/mol. The molecule has 0 fully saturated rings. The molecule has 0 bridgehead atoms. The summed E-state index contributed by atoms with van der Waals surface area (Å²) in [4.78, 5) is 38.4. The molecule has 0 aromatic heterocycles. The van der Waals surface area contributed by atoms with Crippen molar-refractivity contribution in [1.82, 2.24) is 0 Å². The maximum absolute atomic E-state index is 12.9. The van der Waals surface area contributed by atoms with Gasteiger partial charge in [0.1, 0.15) is 13.2 Å². The number of ether oxygens (including phenoxy) is 3. The molecule has 0 aliphatic carbocycles. The summed E-state index contributed by atoms with van der Waals surface area (Å²) in [6.45, 7) is 6.74. The van der Waals surface area contributed by atoms with Gasteiger partial charge in [-0.3, -0.25) is 14.4 Å². The van der Waals surface area contributed by atoms with Gasteiger partial charge in [-0.1, -0.05) is 374 Å². The Hall–Kier alpha value is -1.59. The molecule has 0 rings (SSSR count). The monoisotopic (exact) mass is 1070 g/mol. The Morgan fingerprint density at radius 1 is 0.211 bits per heavy atom. The van der Waals surface area contributed by atoms with E-state index in [0.717, 1.165) is 57.8 Å². The van der Waals surface area contributed by atoms with E-state index < -0.39 is 6.10 Å². The summed E-state index contributed by atoms with van der Waals surface area (Å²) in [6.07, 6.45) is 77.0. The van der Waals surface area contributed by atoms with Crippen LogP contribution in [-0.4, -0.2) is 37.2 Å². The molecule has 0 saturated heterocycles. The van der Waals surface area contributed by atoms with Crippen LogP contribution in [0.3, 0.4) is 0 Å². The molecule has 0 aliphatic rings. The number of hydrogen-bond donors (Lipinski definition) is 0. The van der Waals surface area contributed by atoms with E-state index in [4.69, 9.17) is 14.2 Å². The van der Waals surface area contributed by atoms with Crippen LogP contribution in [0.1, 0.15) is 412 Å². The van der Waals surface area contributed by atoms with Gasteiger partial charge in [0.2, 0.25) is 0 Å². The van der Waals surface area contributed by atoms with E-state index in [1.807, 2.05) is 0 Å². The van der Waals surface area contributed by atoms with Crippen LogP contribution in [0, 0.1) is 0 Å². The van der Waals surface area contributed by atoms with Gasteiger partial charge in [0.05, 0.1) is 0 Å². The van der Waals surface area contributed by atoms with Crippen molar-refractivity contribution < 1.29 is 28.6 Å². The fourth-order valence-corrected chi connectivity index (χ4v) is 11.1. The highest BCUT2D eigenvalue weighted by molar-refractivity contribution is 5.71. The lowest BCUT2D eigenvalue weighted by Crippen LogP contribution is -2.30. The summed E-state index contributed by atoms with van der Waals surface area (Å²) >= 11 is 0. The topological polar surface area (TPSA) is 78.9 Å². The smallest absolute Gasteiger partial charge is 0.306 e. The molecule has 0 aromatic carbocycles. The van der Waals surface area contributed by atoms with Gasteiger partial charge in [0.15, 0.2) is 6.10 Å². The normalized spacial score (nSPS) is 11.9. The molecule has 6 nitrogen and oxygen atoms in total. The van der Waals surface area contributed by atoms with E-state index in [9.17, 15) is 14.4 Å². The molecule has 452 valence electrons. The van der Waals surface area contributed by atoms with Crippen LogP contribution in [0.15, 0.2) is 0 Å². The largest absolute Gasteiger partial charge is 0.462 e. The number of hydrogen-bond acceptors (Lipinski definition) is 6. The average Bonchev–Trinajstić information content (AvgIpc) is 3.42. The Kier molecular flexibility index (Phi) is 64.5. The lowest BCUT2D eigenvalue weighted by atomic mass is 10.0. The van der Waals surface area contributed by atoms with Crippen LogP contribution >= 0.6 is 0 Å². The molecule has 0 aromatic rings. The van der Waals surface area contributed by atoms with Crippen molar-refractivity contribution in [3.05, 3.63) is 0 Å². The summed E-state index contributed by atoms with van der Waals surface area (Å²) < 4.78 is 17.0. The third-order valence-electron chi connectivity index (χ3n) is 16.4. The predicted molar refractivity (Wildman–Crippen MR) is 330 cm³/mol. The number of carbonyl (C=O) groups is 3. The minimum atomic E-state index is -0.763. The van der Waals surface area contributed by atoms with Gasteiger partial charge >= 0.3 is 17.9 Å². The van der Waals surface area contributed by atoms with Crippen molar-refractivity contribution in [1.29, 1.82) is 0 Å². The first kappa shape index (κ1) is 74.4. The molecule has 0 amide bonds. The minimum Gasteiger partial charge on any atom is -0.462 e. The molecule has 0 spiro atoms. The van der Waals surface area contributed by atoms with Crippen molar-refractivity contribution >= 4 is 17.9 Å². The Labute approximate surface area is 476 Å². The van der Waals surface area contributed by atoms with E-state index in [1.54, 1.807) is 0 Å². The Balaban J connectivity index is 4.17. The fourth-order valence-electron chi connectivity index (χ4n) is 11.1. The van der Waals surface area contributed by atoms with Crippen molar-refractivity contribution in [2.45, 2.75) is 419 Å². The average molecular weight is 1070 g/mol. The third kappa shape index (κ3) is 63.2. The van der Waals surface area contributed by atoms with Crippen LogP contribution in [0.2, 0.25) is 0 Å². The molecular formula is C70H136O6. The van der Waals surface area contributed by atoms with Crippen molar-refractivity contribution in [2.75, 3.05) is 13.2 Å². The molecule has 0 aliphatic heterocycles. The third-order valence-corrected chi connectivity index (χ3v) is 16.4. The lowest BCUT2D eigenvalue weighted by Gasteiger charge is -2.18. The maximum Gasteiger partial charge on any atom is 0.306 e. The van der Waals surface area contributed by atoms with E-state index in [2.05, 4.69) is 20.8 Å². The van der Waals surface area contributed by atoms with Crippen molar-refractivity contribution in [3.8, 4) is 0 Å². The van der Waals surface area contributed by atoms with E-state index >= 15 is 0 Å². The lowest BCUT2D eigenvalue weighted by molar-refractivity contribution is -0.167. The van der Waals surface area contributed by atoms with Gasteiger partial charge in [-0.25, -0.2) is 0 Å². The quantitative estimate of drug-likeness (QED) is 0.0343. The molecule has 6 heteroatoms. The second kappa shape index (κ2) is 65.9. The summed E-state index contributed by atoms with van der Waals surface area (Å²) in [5.74, 6) is -0.821. The minimum absolute atomic E-state index is 0.0602. The summed E-state index contributed by atoms with van der Waals surface area (Å²) in [7, 11) is 0. The summed E-state index contributed by atoms with van der Waals surface area (Å²) in [6, 6.07) is 0. The SMILES string of the molecule is CCCCCCCCCCCCCCCCCCCCCCCCCCCCCC(=O)OCC(COC(=O)CCCCCCCCCCCCCCCCC)OC(=O)CCCCCCCCCCCCCCCCCC. The van der Waals surface area contributed by atoms with Crippen LogP contribution in [0.5, 0.6) is 0 Å². The molecule has 0 N–H and O–H groups in total. The van der Waals surface area contributed by atoms with Crippen molar-refractivity contribution in [2.24, 2.45) is 0 Å². The highest BCUT2D eigenvalue weighted by Crippen LogP contribution is 2.19. The second-order valence-corrected chi connectivity index (χ2v) is 24.2. The molecule has 0 radical (unpaired) electrons. The van der Waals surface area contributed by atoms with Gasteiger partial charge in [-0.2, -0.15) is 0 Å². The molecule has 0 heterocycles. The van der Waals surface area contributed by atoms with Crippen LogP contribution in [0.25, 0.3) is 0 Å². The number of unbranched alkanes of at least 4 members (excludes halogenated alkanes) is 55. The van der Waals surface area contributed by atoms with Gasteiger partial charge in [-0.15, -0.1) is 0 Å². The van der Waals surface area contributed by atoms with Crippen LogP contribution in [-0.2, 0) is 28.6 Å². The van der Waals surface area contributed by atoms with Gasteiger partial charge < -0.3 is 14.2 Å². The summed E-state index contributed by atoms with van der Waals surface area (Å²) in [5, 5.41) is 0. The Morgan fingerprint density at radius 2 is 0.355 bits per heavy atom. The Bertz CT molecular complexity index is 1140. The predicted octanol–water partition coefficient (Wildman–Crippen LogP) is 23.8. The van der Waals surface area contributed by atoms with E-state index in [0.29, 0.717) is 19.3 Å². The highest BCUT2D eigenvalue weighted by Gasteiger charge is 2.19. The first-order chi connectivity index (χ1) is 37.5. The highest BCUT2D eigenvalue weighted by atomic mass is 16.6. The van der Waals surface area contributed by atoms with Crippen LogP contribution in [0.4, 0.5) is 0 Å². The first-order valence-corrected chi connectivity index (χ1v) is 35.0.